The highest BCUT2D eigenvalue weighted by molar-refractivity contribution is 9.10. The number of hydrogen-bond donors (Lipinski definition) is 0. The predicted octanol–water partition coefficient (Wildman–Crippen LogP) is 6.68. The Morgan fingerprint density at radius 3 is 2.77 bits per heavy atom. The van der Waals surface area contributed by atoms with Crippen molar-refractivity contribution in [1.82, 2.24) is 9.38 Å². The van der Waals surface area contributed by atoms with Crippen LogP contribution < -0.4 is 4.74 Å². The van der Waals surface area contributed by atoms with E-state index in [4.69, 9.17) is 14.5 Å². The minimum absolute atomic E-state index is 0.154. The van der Waals surface area contributed by atoms with Crippen LogP contribution in [0.2, 0.25) is 0 Å². The molecule has 0 aliphatic carbocycles. The first-order valence-corrected chi connectivity index (χ1v) is 11.3. The number of nitrogens with zero attached hydrogens (tertiary/aromatic N) is 2. The Morgan fingerprint density at radius 2 is 1.94 bits per heavy atom. The van der Waals surface area contributed by atoms with Crippen molar-refractivity contribution in [2.75, 3.05) is 6.61 Å². The summed E-state index contributed by atoms with van der Waals surface area (Å²) in [6.07, 6.45) is 5.15. The summed E-state index contributed by atoms with van der Waals surface area (Å²) in [6.45, 7) is 7.56. The van der Waals surface area contributed by atoms with Gasteiger partial charge in [-0.1, -0.05) is 34.1 Å². The Hall–Kier alpha value is -2.63. The maximum absolute atomic E-state index is 5.94. The summed E-state index contributed by atoms with van der Waals surface area (Å²) in [5.41, 5.74) is 7.43. The zero-order valence-corrected chi connectivity index (χ0v) is 19.6. The van der Waals surface area contributed by atoms with Crippen LogP contribution in [-0.4, -0.2) is 21.6 Å². The van der Waals surface area contributed by atoms with Crippen molar-refractivity contribution in [1.29, 1.82) is 0 Å². The molecule has 0 saturated heterocycles. The van der Waals surface area contributed by atoms with Crippen molar-refractivity contribution in [2.24, 2.45) is 0 Å². The number of pyridine rings is 1. The molecule has 4 aromatic rings. The van der Waals surface area contributed by atoms with E-state index in [9.17, 15) is 0 Å². The van der Waals surface area contributed by atoms with Gasteiger partial charge < -0.3 is 13.9 Å². The second-order valence-electron chi connectivity index (χ2n) is 8.95. The predicted molar refractivity (Wildman–Crippen MR) is 128 cm³/mol. The van der Waals surface area contributed by atoms with Gasteiger partial charge in [-0.15, -0.1) is 0 Å². The molecule has 158 valence electrons. The second kappa shape index (κ2) is 7.81. The Kier molecular flexibility index (Phi) is 5.11. The molecule has 0 bridgehead atoms. The first-order valence-electron chi connectivity index (χ1n) is 10.5. The highest BCUT2D eigenvalue weighted by Crippen LogP contribution is 2.39. The van der Waals surface area contributed by atoms with Crippen LogP contribution in [0.5, 0.6) is 5.75 Å². The fourth-order valence-electron chi connectivity index (χ4n) is 3.89. The lowest BCUT2D eigenvalue weighted by Gasteiger charge is -2.19. The van der Waals surface area contributed by atoms with Crippen molar-refractivity contribution in [2.45, 2.75) is 39.4 Å². The highest BCUT2D eigenvalue weighted by Gasteiger charge is 2.20. The maximum Gasteiger partial charge on any atom is 0.137 e. The third-order valence-corrected chi connectivity index (χ3v) is 5.87. The van der Waals surface area contributed by atoms with Crippen LogP contribution in [-0.2, 0) is 17.8 Å². The zero-order valence-electron chi connectivity index (χ0n) is 18.0. The van der Waals surface area contributed by atoms with E-state index in [1.165, 1.54) is 16.7 Å². The number of imidazole rings is 1. The monoisotopic (exact) mass is 476 g/mol. The molecule has 0 amide bonds. The van der Waals surface area contributed by atoms with Crippen molar-refractivity contribution < 1.29 is 9.47 Å². The van der Waals surface area contributed by atoms with E-state index >= 15 is 0 Å². The molecule has 0 atom stereocenters. The lowest BCUT2D eigenvalue weighted by Crippen LogP contribution is -2.18. The van der Waals surface area contributed by atoms with Crippen LogP contribution in [0.15, 0.2) is 65.4 Å². The van der Waals surface area contributed by atoms with Crippen LogP contribution in [0.4, 0.5) is 0 Å². The zero-order chi connectivity index (χ0) is 21.6. The lowest BCUT2D eigenvalue weighted by molar-refractivity contribution is -0.0149. The average Bonchev–Trinajstić information content (AvgIpc) is 3.37. The molecule has 0 spiro atoms. The van der Waals surface area contributed by atoms with E-state index in [0.29, 0.717) is 6.61 Å². The molecule has 1 aliphatic rings. The summed E-state index contributed by atoms with van der Waals surface area (Å²) >= 11 is 3.63. The summed E-state index contributed by atoms with van der Waals surface area (Å²) in [5.74, 6) is 0.957. The molecule has 31 heavy (non-hydrogen) atoms. The van der Waals surface area contributed by atoms with Gasteiger partial charge in [-0.25, -0.2) is 4.98 Å². The number of fused-ring (bicyclic) bond motifs is 2. The number of halogens is 1. The van der Waals surface area contributed by atoms with Crippen LogP contribution >= 0.6 is 15.9 Å². The van der Waals surface area contributed by atoms with Crippen LogP contribution in [0.3, 0.4) is 0 Å². The minimum Gasteiger partial charge on any atom is -0.492 e. The number of benzene rings is 2. The van der Waals surface area contributed by atoms with Crippen LogP contribution in [0, 0.1) is 0 Å². The van der Waals surface area contributed by atoms with Gasteiger partial charge in [0.25, 0.3) is 0 Å². The van der Waals surface area contributed by atoms with E-state index in [0.717, 1.165) is 45.7 Å². The normalized spacial score (nSPS) is 13.4. The number of hydrogen-bond acceptors (Lipinski definition) is 3. The van der Waals surface area contributed by atoms with Gasteiger partial charge in [0.1, 0.15) is 11.4 Å². The number of rotatable bonds is 4. The van der Waals surface area contributed by atoms with Gasteiger partial charge in [0.05, 0.1) is 24.5 Å². The Morgan fingerprint density at radius 1 is 1.06 bits per heavy atom. The van der Waals surface area contributed by atoms with Gasteiger partial charge in [0.15, 0.2) is 0 Å². The Labute approximate surface area is 191 Å². The molecule has 0 N–H and O–H groups in total. The molecule has 1 aliphatic heterocycles. The topological polar surface area (TPSA) is 35.8 Å². The number of ether oxygens (including phenoxy) is 2. The minimum atomic E-state index is -0.154. The molecular formula is C26H25BrN2O2. The van der Waals surface area contributed by atoms with Crippen molar-refractivity contribution in [3.63, 3.8) is 0 Å². The first-order chi connectivity index (χ1) is 14.9. The molecule has 3 heterocycles. The van der Waals surface area contributed by atoms with Crippen molar-refractivity contribution in [3.05, 3.63) is 76.5 Å². The summed E-state index contributed by atoms with van der Waals surface area (Å²) in [4.78, 5) is 4.85. The quantitative estimate of drug-likeness (QED) is 0.329. The molecule has 4 nitrogen and oxygen atoms in total. The smallest absolute Gasteiger partial charge is 0.137 e. The van der Waals surface area contributed by atoms with Crippen molar-refractivity contribution >= 4 is 21.6 Å². The van der Waals surface area contributed by atoms with Gasteiger partial charge >= 0.3 is 0 Å². The van der Waals surface area contributed by atoms with E-state index in [1.807, 2.05) is 0 Å². The van der Waals surface area contributed by atoms with E-state index in [2.05, 4.69) is 102 Å². The SMILES string of the molecule is CC(C)(C)OCc1cccc(-c2ccc3nc(-c4cc(Br)cc5c4OCC5)cn3c2)c1. The van der Waals surface area contributed by atoms with E-state index in [1.54, 1.807) is 0 Å². The third-order valence-electron chi connectivity index (χ3n) is 5.41. The lowest BCUT2D eigenvalue weighted by atomic mass is 10.0. The average molecular weight is 477 g/mol. The third kappa shape index (κ3) is 4.25. The fourth-order valence-corrected chi connectivity index (χ4v) is 4.40. The fraction of sp³-hybridized carbons (Fsp3) is 0.269. The van der Waals surface area contributed by atoms with Crippen molar-refractivity contribution in [3.8, 4) is 28.1 Å². The molecule has 2 aromatic carbocycles. The van der Waals surface area contributed by atoms with E-state index < -0.39 is 0 Å². The standard InChI is InChI=1S/C26H25BrN2O2/c1-26(2,3)31-16-17-5-4-6-18(11-17)20-7-8-24-28-23(15-29(24)14-20)22-13-21(27)12-19-9-10-30-25(19)22/h4-8,11-15H,9-10,16H2,1-3H3. The molecule has 0 radical (unpaired) electrons. The largest absolute Gasteiger partial charge is 0.492 e. The first kappa shape index (κ1) is 20.3. The maximum atomic E-state index is 5.94. The van der Waals surface area contributed by atoms with Gasteiger partial charge in [-0.3, -0.25) is 0 Å². The summed E-state index contributed by atoms with van der Waals surface area (Å²) in [5, 5.41) is 0. The van der Waals surface area contributed by atoms with Gasteiger partial charge in [0.2, 0.25) is 0 Å². The Bertz CT molecular complexity index is 1270. The molecule has 5 rings (SSSR count). The molecule has 5 heteroatoms. The summed E-state index contributed by atoms with van der Waals surface area (Å²) < 4.78 is 15.0. The molecule has 0 unspecified atom stereocenters. The van der Waals surface area contributed by atoms with Gasteiger partial charge in [-0.05, 0) is 73.4 Å². The molecular weight excluding hydrogens is 452 g/mol. The Balaban J connectivity index is 1.49. The number of aromatic nitrogens is 2. The summed E-state index contributed by atoms with van der Waals surface area (Å²) in [7, 11) is 0. The van der Waals surface area contributed by atoms with Crippen LogP contribution in [0.1, 0.15) is 31.9 Å². The molecule has 0 saturated carbocycles. The molecule has 0 fully saturated rings. The van der Waals surface area contributed by atoms with Gasteiger partial charge in [-0.2, -0.15) is 0 Å². The van der Waals surface area contributed by atoms with E-state index in [-0.39, 0.29) is 5.60 Å². The molecule has 2 aromatic heterocycles. The summed E-state index contributed by atoms with van der Waals surface area (Å²) in [6, 6.07) is 16.9. The van der Waals surface area contributed by atoms with Gasteiger partial charge in [0, 0.05) is 28.9 Å². The van der Waals surface area contributed by atoms with Crippen LogP contribution in [0.25, 0.3) is 28.0 Å². The highest BCUT2D eigenvalue weighted by atomic mass is 79.9. The second-order valence-corrected chi connectivity index (χ2v) is 9.87.